The van der Waals surface area contributed by atoms with E-state index in [1.54, 1.807) is 0 Å². The lowest BCUT2D eigenvalue weighted by Crippen LogP contribution is -2.43. The van der Waals surface area contributed by atoms with E-state index >= 15 is 0 Å². The van der Waals surface area contributed by atoms with Crippen molar-refractivity contribution in [3.8, 4) is 0 Å². The third-order valence-corrected chi connectivity index (χ3v) is 3.17. The number of unbranched alkanes of at least 4 members (excludes halogenated alkanes) is 1. The summed E-state index contributed by atoms with van der Waals surface area (Å²) in [4.78, 5) is 0. The maximum absolute atomic E-state index is 3.50. The van der Waals surface area contributed by atoms with Gasteiger partial charge in [0, 0.05) is 6.04 Å². The van der Waals surface area contributed by atoms with Crippen molar-refractivity contribution in [3.05, 3.63) is 0 Å². The van der Waals surface area contributed by atoms with Crippen molar-refractivity contribution in [3.63, 3.8) is 0 Å². The van der Waals surface area contributed by atoms with E-state index in [2.05, 4.69) is 47.0 Å². The fourth-order valence-electron chi connectivity index (χ4n) is 2.45. The summed E-state index contributed by atoms with van der Waals surface area (Å²) in [6.07, 6.45) is 5.35. The van der Waals surface area contributed by atoms with Crippen LogP contribution in [0.3, 0.4) is 0 Å². The van der Waals surface area contributed by atoms with Crippen LogP contribution in [-0.4, -0.2) is 13.1 Å². The molecule has 0 fully saturated rings. The van der Waals surface area contributed by atoms with Crippen LogP contribution in [0.15, 0.2) is 0 Å². The molecule has 1 heteroatoms. The van der Waals surface area contributed by atoms with Crippen molar-refractivity contribution in [1.82, 2.24) is 5.32 Å². The second-order valence-electron chi connectivity index (χ2n) is 5.44. The molecule has 0 aliphatic rings. The molecule has 86 valence electrons. The first-order valence-electron chi connectivity index (χ1n) is 6.14. The lowest BCUT2D eigenvalue weighted by atomic mass is 9.76. The molecule has 0 saturated carbocycles. The van der Waals surface area contributed by atoms with Gasteiger partial charge in [-0.1, -0.05) is 53.9 Å². The number of hydrogen-bond acceptors (Lipinski definition) is 1. The standard InChI is InChI=1S/C13H29N/c1-7-9-10-11(8-2)12(14-6)13(3,4)5/h11-12,14H,7-10H2,1-6H3. The summed E-state index contributed by atoms with van der Waals surface area (Å²) in [6.45, 7) is 11.6. The topological polar surface area (TPSA) is 12.0 Å². The van der Waals surface area contributed by atoms with Gasteiger partial charge in [-0.2, -0.15) is 0 Å². The first-order valence-corrected chi connectivity index (χ1v) is 6.14. The molecule has 2 unspecified atom stereocenters. The minimum absolute atomic E-state index is 0.378. The Morgan fingerprint density at radius 3 is 2.00 bits per heavy atom. The van der Waals surface area contributed by atoms with E-state index in [0.717, 1.165) is 5.92 Å². The molecule has 14 heavy (non-hydrogen) atoms. The Labute approximate surface area is 90.7 Å². The van der Waals surface area contributed by atoms with E-state index in [9.17, 15) is 0 Å². The van der Waals surface area contributed by atoms with Crippen molar-refractivity contribution in [2.24, 2.45) is 11.3 Å². The second-order valence-corrected chi connectivity index (χ2v) is 5.44. The Morgan fingerprint density at radius 2 is 1.71 bits per heavy atom. The molecule has 0 aliphatic heterocycles. The molecule has 0 aromatic carbocycles. The Bertz CT molecular complexity index is 135. The Kier molecular flexibility index (Phi) is 6.43. The molecule has 2 atom stereocenters. The average molecular weight is 199 g/mol. The highest BCUT2D eigenvalue weighted by Gasteiger charge is 2.29. The second kappa shape index (κ2) is 6.44. The molecule has 0 aliphatic carbocycles. The van der Waals surface area contributed by atoms with E-state index in [4.69, 9.17) is 0 Å². The van der Waals surface area contributed by atoms with Gasteiger partial charge in [-0.25, -0.2) is 0 Å². The summed E-state index contributed by atoms with van der Waals surface area (Å²) in [5.74, 6) is 0.833. The van der Waals surface area contributed by atoms with Crippen molar-refractivity contribution in [1.29, 1.82) is 0 Å². The highest BCUT2D eigenvalue weighted by atomic mass is 14.9. The molecular weight excluding hydrogens is 170 g/mol. The van der Waals surface area contributed by atoms with Crippen molar-refractivity contribution in [2.45, 2.75) is 66.3 Å². The Balaban J connectivity index is 4.29. The van der Waals surface area contributed by atoms with Crippen LogP contribution in [0.1, 0.15) is 60.3 Å². The maximum atomic E-state index is 3.50. The zero-order chi connectivity index (χ0) is 11.2. The number of hydrogen-bond donors (Lipinski definition) is 1. The van der Waals surface area contributed by atoms with Gasteiger partial charge in [0.2, 0.25) is 0 Å². The minimum atomic E-state index is 0.378. The molecule has 0 amide bonds. The monoisotopic (exact) mass is 199 g/mol. The van der Waals surface area contributed by atoms with Crippen molar-refractivity contribution >= 4 is 0 Å². The third kappa shape index (κ3) is 4.45. The summed E-state index contributed by atoms with van der Waals surface area (Å²) in [5, 5.41) is 3.50. The van der Waals surface area contributed by atoms with Gasteiger partial charge in [-0.3, -0.25) is 0 Å². The maximum Gasteiger partial charge on any atom is 0.0141 e. The summed E-state index contributed by atoms with van der Waals surface area (Å²) in [5.41, 5.74) is 0.378. The fraction of sp³-hybridized carbons (Fsp3) is 1.00. The van der Waals surface area contributed by atoms with E-state index < -0.39 is 0 Å². The molecule has 1 N–H and O–H groups in total. The first-order chi connectivity index (χ1) is 6.47. The van der Waals surface area contributed by atoms with Gasteiger partial charge in [0.25, 0.3) is 0 Å². The van der Waals surface area contributed by atoms with Crippen LogP contribution in [0.25, 0.3) is 0 Å². The van der Waals surface area contributed by atoms with Crippen molar-refractivity contribution < 1.29 is 0 Å². The molecule has 0 rings (SSSR count). The molecule has 0 aromatic rings. The van der Waals surface area contributed by atoms with Crippen LogP contribution < -0.4 is 5.32 Å². The smallest absolute Gasteiger partial charge is 0.0141 e. The Morgan fingerprint density at radius 1 is 1.14 bits per heavy atom. The van der Waals surface area contributed by atoms with Crippen LogP contribution in [-0.2, 0) is 0 Å². The number of nitrogens with one attached hydrogen (secondary N) is 1. The average Bonchev–Trinajstić information content (AvgIpc) is 2.09. The molecule has 0 saturated heterocycles. The Hall–Kier alpha value is -0.0400. The van der Waals surface area contributed by atoms with E-state index in [-0.39, 0.29) is 0 Å². The lowest BCUT2D eigenvalue weighted by Gasteiger charge is -2.36. The van der Waals surface area contributed by atoms with Crippen LogP contribution in [0.2, 0.25) is 0 Å². The summed E-state index contributed by atoms with van der Waals surface area (Å²) in [6, 6.07) is 0.652. The molecule has 0 bridgehead atoms. The normalized spacial score (nSPS) is 16.7. The van der Waals surface area contributed by atoms with Crippen LogP contribution in [0, 0.1) is 11.3 Å². The first kappa shape index (κ1) is 14.0. The predicted octanol–water partition coefficient (Wildman–Crippen LogP) is 3.84. The number of rotatable bonds is 6. The van der Waals surface area contributed by atoms with Gasteiger partial charge >= 0.3 is 0 Å². The molecule has 0 radical (unpaired) electrons. The zero-order valence-electron chi connectivity index (χ0n) is 11.0. The van der Waals surface area contributed by atoms with E-state index in [0.29, 0.717) is 11.5 Å². The molecule has 0 heterocycles. The van der Waals surface area contributed by atoms with E-state index in [1.165, 1.54) is 25.7 Å². The summed E-state index contributed by atoms with van der Waals surface area (Å²) < 4.78 is 0. The highest BCUT2D eigenvalue weighted by Crippen LogP contribution is 2.29. The van der Waals surface area contributed by atoms with Crippen LogP contribution >= 0.6 is 0 Å². The van der Waals surface area contributed by atoms with Gasteiger partial charge in [0.05, 0.1) is 0 Å². The summed E-state index contributed by atoms with van der Waals surface area (Å²) >= 11 is 0. The van der Waals surface area contributed by atoms with Gasteiger partial charge in [0.15, 0.2) is 0 Å². The fourth-order valence-corrected chi connectivity index (χ4v) is 2.45. The van der Waals surface area contributed by atoms with Gasteiger partial charge < -0.3 is 5.32 Å². The summed E-state index contributed by atoms with van der Waals surface area (Å²) in [7, 11) is 2.10. The molecule has 0 spiro atoms. The van der Waals surface area contributed by atoms with E-state index in [1.807, 2.05) is 0 Å². The SMILES string of the molecule is CCCCC(CC)C(NC)C(C)(C)C. The lowest BCUT2D eigenvalue weighted by molar-refractivity contribution is 0.187. The van der Waals surface area contributed by atoms with Crippen LogP contribution in [0.4, 0.5) is 0 Å². The molecule has 0 aromatic heterocycles. The van der Waals surface area contributed by atoms with Gasteiger partial charge in [0.1, 0.15) is 0 Å². The molecular formula is C13H29N. The third-order valence-electron chi connectivity index (χ3n) is 3.17. The quantitative estimate of drug-likeness (QED) is 0.685. The van der Waals surface area contributed by atoms with Gasteiger partial charge in [-0.15, -0.1) is 0 Å². The van der Waals surface area contributed by atoms with Gasteiger partial charge in [-0.05, 0) is 24.8 Å². The highest BCUT2D eigenvalue weighted by molar-refractivity contribution is 4.84. The minimum Gasteiger partial charge on any atom is -0.316 e. The van der Waals surface area contributed by atoms with Crippen LogP contribution in [0.5, 0.6) is 0 Å². The van der Waals surface area contributed by atoms with Crippen molar-refractivity contribution in [2.75, 3.05) is 7.05 Å². The molecule has 1 nitrogen and oxygen atoms in total. The predicted molar refractivity (Wildman–Crippen MR) is 65.6 cm³/mol. The zero-order valence-corrected chi connectivity index (χ0v) is 11.0. The largest absolute Gasteiger partial charge is 0.316 e.